The van der Waals surface area contributed by atoms with Crippen molar-refractivity contribution < 1.29 is 27.5 Å². The quantitative estimate of drug-likeness (QED) is 0.663. The largest absolute Gasteiger partial charge is 0.463 e. The van der Waals surface area contributed by atoms with E-state index in [9.17, 15) is 18.0 Å². The van der Waals surface area contributed by atoms with Crippen molar-refractivity contribution in [2.45, 2.75) is 24.0 Å². The predicted octanol–water partition coefficient (Wildman–Crippen LogP) is 2.63. The Morgan fingerprint density at radius 2 is 1.96 bits per heavy atom. The van der Waals surface area contributed by atoms with Crippen molar-refractivity contribution in [3.8, 4) is 0 Å². The van der Waals surface area contributed by atoms with Crippen molar-refractivity contribution in [1.29, 1.82) is 0 Å². The molecule has 0 aliphatic carbocycles. The summed E-state index contributed by atoms with van der Waals surface area (Å²) in [4.78, 5) is 23.8. The van der Waals surface area contributed by atoms with E-state index in [1.807, 2.05) is 30.3 Å². The van der Waals surface area contributed by atoms with E-state index in [0.29, 0.717) is 0 Å². The predicted molar refractivity (Wildman–Crippen MR) is 101 cm³/mol. The average Bonchev–Trinajstić information content (AvgIpc) is 3.07. The molecule has 9 heteroatoms. The number of rotatable bonds is 6. The van der Waals surface area contributed by atoms with Gasteiger partial charge in [0, 0.05) is 20.0 Å². The highest BCUT2D eigenvalue weighted by Gasteiger charge is 2.32. The molecule has 0 radical (unpaired) electrons. The number of ether oxygens (including phenoxy) is 2. The summed E-state index contributed by atoms with van der Waals surface area (Å²) in [6, 6.07) is 12.9. The van der Waals surface area contributed by atoms with E-state index >= 15 is 0 Å². The lowest BCUT2D eigenvalue weighted by atomic mass is 10.2. The maximum atomic E-state index is 12.9. The van der Waals surface area contributed by atoms with Crippen LogP contribution in [0.15, 0.2) is 53.4 Å². The Morgan fingerprint density at radius 1 is 1.25 bits per heavy atom. The second kappa shape index (κ2) is 8.30. The number of carbonyl (C=O) groups excluding carboxylic acids is 2. The van der Waals surface area contributed by atoms with Gasteiger partial charge in [0.15, 0.2) is 0 Å². The van der Waals surface area contributed by atoms with Crippen molar-refractivity contribution in [3.63, 3.8) is 0 Å². The van der Waals surface area contributed by atoms with E-state index in [2.05, 4.69) is 0 Å². The minimum Gasteiger partial charge on any atom is -0.463 e. The van der Waals surface area contributed by atoms with Crippen molar-refractivity contribution in [2.75, 3.05) is 13.7 Å². The number of nitrogens with zero attached hydrogens (tertiary/aromatic N) is 1. The standard InChI is InChI=1S/C19H18ClNO6S/c1-21(12-13-5-3-2-4-6-13)28(24,25)14-7-8-16(20)15(11-14)18(22)27-17-9-10-26-19(17)23/h2-8,11,17H,9-10,12H2,1H3/t17-/m1/s1. The zero-order valence-electron chi connectivity index (χ0n) is 15.0. The number of carbonyl (C=O) groups is 2. The van der Waals surface area contributed by atoms with Gasteiger partial charge in [-0.05, 0) is 23.8 Å². The first-order valence-electron chi connectivity index (χ1n) is 8.46. The molecule has 1 aliphatic rings. The van der Waals surface area contributed by atoms with E-state index in [1.165, 1.54) is 23.5 Å². The van der Waals surface area contributed by atoms with Crippen molar-refractivity contribution in [2.24, 2.45) is 0 Å². The highest BCUT2D eigenvalue weighted by Crippen LogP contribution is 2.25. The molecule has 1 saturated heterocycles. The lowest BCUT2D eigenvalue weighted by Gasteiger charge is -2.18. The molecule has 0 spiro atoms. The number of esters is 2. The Kier molecular flexibility index (Phi) is 6.02. The van der Waals surface area contributed by atoms with Crippen LogP contribution in [0.4, 0.5) is 0 Å². The Hall–Kier alpha value is -2.42. The number of halogens is 1. The molecule has 3 rings (SSSR count). The van der Waals surface area contributed by atoms with Crippen LogP contribution < -0.4 is 0 Å². The molecule has 1 fully saturated rings. The molecule has 0 aromatic heterocycles. The molecule has 7 nitrogen and oxygen atoms in total. The van der Waals surface area contributed by atoms with Gasteiger partial charge < -0.3 is 9.47 Å². The van der Waals surface area contributed by atoms with Crippen LogP contribution in [-0.4, -0.2) is 44.4 Å². The van der Waals surface area contributed by atoms with Crippen molar-refractivity contribution >= 4 is 33.6 Å². The maximum Gasteiger partial charge on any atom is 0.347 e. The molecule has 2 aromatic carbocycles. The highest BCUT2D eigenvalue weighted by molar-refractivity contribution is 7.89. The zero-order valence-corrected chi connectivity index (χ0v) is 16.6. The molecule has 0 N–H and O–H groups in total. The fraction of sp³-hybridized carbons (Fsp3) is 0.263. The van der Waals surface area contributed by atoms with Crippen molar-refractivity contribution in [3.05, 3.63) is 64.7 Å². The lowest BCUT2D eigenvalue weighted by molar-refractivity contribution is -0.145. The number of cyclic esters (lactones) is 1. The molecule has 1 atom stereocenters. The van der Waals surface area contributed by atoms with Gasteiger partial charge in [0.05, 0.1) is 22.1 Å². The first-order chi connectivity index (χ1) is 13.3. The molecular formula is C19H18ClNO6S. The molecule has 148 valence electrons. The zero-order chi connectivity index (χ0) is 20.3. The van der Waals surface area contributed by atoms with Gasteiger partial charge >= 0.3 is 11.9 Å². The molecule has 1 heterocycles. The number of sulfonamides is 1. The molecule has 28 heavy (non-hydrogen) atoms. The Morgan fingerprint density at radius 3 is 2.61 bits per heavy atom. The molecule has 1 aliphatic heterocycles. The molecule has 0 saturated carbocycles. The fourth-order valence-corrected chi connectivity index (χ4v) is 4.08. The molecule has 2 aromatic rings. The summed E-state index contributed by atoms with van der Waals surface area (Å²) in [5.74, 6) is -1.51. The smallest absolute Gasteiger partial charge is 0.347 e. The summed E-state index contributed by atoms with van der Waals surface area (Å²) in [5.41, 5.74) is 0.692. The van der Waals surface area contributed by atoms with E-state index in [0.717, 1.165) is 11.6 Å². The van der Waals surface area contributed by atoms with Crippen LogP contribution in [0, 0.1) is 0 Å². The Labute approximate surface area is 167 Å². The monoisotopic (exact) mass is 423 g/mol. The van der Waals surface area contributed by atoms with Crippen LogP contribution >= 0.6 is 11.6 Å². The van der Waals surface area contributed by atoms with E-state index in [1.54, 1.807) is 0 Å². The van der Waals surface area contributed by atoms with Crippen LogP contribution in [0.1, 0.15) is 22.3 Å². The summed E-state index contributed by atoms with van der Waals surface area (Å²) in [6.07, 6.45) is -0.760. The summed E-state index contributed by atoms with van der Waals surface area (Å²) < 4.78 is 36.8. The van der Waals surface area contributed by atoms with Gasteiger partial charge in [-0.1, -0.05) is 41.9 Å². The van der Waals surface area contributed by atoms with Gasteiger partial charge in [0.1, 0.15) is 0 Å². The Bertz CT molecular complexity index is 993. The third kappa shape index (κ3) is 4.35. The second-order valence-corrected chi connectivity index (χ2v) is 8.69. The highest BCUT2D eigenvalue weighted by atomic mass is 35.5. The van der Waals surface area contributed by atoms with Gasteiger partial charge in [-0.15, -0.1) is 0 Å². The molecule has 0 bridgehead atoms. The van der Waals surface area contributed by atoms with Crippen molar-refractivity contribution in [1.82, 2.24) is 4.31 Å². The number of hydrogen-bond donors (Lipinski definition) is 0. The van der Waals surface area contributed by atoms with Gasteiger partial charge in [-0.2, -0.15) is 4.31 Å². The van der Waals surface area contributed by atoms with Crippen LogP contribution in [0.2, 0.25) is 5.02 Å². The van der Waals surface area contributed by atoms with Gasteiger partial charge in [0.2, 0.25) is 16.1 Å². The van der Waals surface area contributed by atoms with E-state index in [-0.39, 0.29) is 35.1 Å². The number of hydrogen-bond acceptors (Lipinski definition) is 6. The van der Waals surface area contributed by atoms with Gasteiger partial charge in [-0.3, -0.25) is 0 Å². The summed E-state index contributed by atoms with van der Waals surface area (Å²) in [6.45, 7) is 0.336. The molecule has 0 amide bonds. The lowest BCUT2D eigenvalue weighted by Crippen LogP contribution is -2.27. The second-order valence-electron chi connectivity index (χ2n) is 6.24. The third-order valence-corrected chi connectivity index (χ3v) is 6.38. The first-order valence-corrected chi connectivity index (χ1v) is 10.3. The molecule has 0 unspecified atom stereocenters. The van der Waals surface area contributed by atoms with Crippen LogP contribution in [0.5, 0.6) is 0 Å². The van der Waals surface area contributed by atoms with E-state index < -0.39 is 28.1 Å². The maximum absolute atomic E-state index is 12.9. The topological polar surface area (TPSA) is 90.0 Å². The normalized spacial score (nSPS) is 16.8. The van der Waals surface area contributed by atoms with Gasteiger partial charge in [0.25, 0.3) is 0 Å². The Balaban J connectivity index is 1.83. The SMILES string of the molecule is CN(Cc1ccccc1)S(=O)(=O)c1ccc(Cl)c(C(=O)O[C@@H]2CCOC2=O)c1. The first kappa shape index (κ1) is 20.3. The minimum atomic E-state index is -3.87. The summed E-state index contributed by atoms with van der Waals surface area (Å²) >= 11 is 6.05. The average molecular weight is 424 g/mol. The third-order valence-electron chi connectivity index (χ3n) is 4.25. The number of benzene rings is 2. The van der Waals surface area contributed by atoms with Crippen LogP contribution in [0.25, 0.3) is 0 Å². The van der Waals surface area contributed by atoms with Crippen LogP contribution in [-0.2, 0) is 30.8 Å². The summed E-state index contributed by atoms with van der Waals surface area (Å²) in [5, 5.41) is 0.0287. The molecular weight excluding hydrogens is 406 g/mol. The summed E-state index contributed by atoms with van der Waals surface area (Å²) in [7, 11) is -2.42. The van der Waals surface area contributed by atoms with Gasteiger partial charge in [-0.25, -0.2) is 18.0 Å². The fourth-order valence-electron chi connectivity index (χ4n) is 2.70. The van der Waals surface area contributed by atoms with Crippen LogP contribution in [0.3, 0.4) is 0 Å². The van der Waals surface area contributed by atoms with E-state index in [4.69, 9.17) is 21.1 Å². The minimum absolute atomic E-state index is 0.0287.